The minimum atomic E-state index is -0.152. The van der Waals surface area contributed by atoms with Crippen molar-refractivity contribution in [2.75, 3.05) is 7.11 Å². The van der Waals surface area contributed by atoms with Gasteiger partial charge in [0.25, 0.3) is 0 Å². The van der Waals surface area contributed by atoms with Gasteiger partial charge in [0.2, 0.25) is 5.91 Å². The number of aromatic nitrogens is 1. The highest BCUT2D eigenvalue weighted by atomic mass is 16.5. The highest BCUT2D eigenvalue weighted by molar-refractivity contribution is 5.99. The number of hydrazone groups is 1. The monoisotopic (exact) mass is 335 g/mol. The van der Waals surface area contributed by atoms with Gasteiger partial charge >= 0.3 is 0 Å². The summed E-state index contributed by atoms with van der Waals surface area (Å²) in [5, 5.41) is 5.23. The maximum Gasteiger partial charge on any atom is 0.244 e. The molecule has 2 aromatic carbocycles. The standard InChI is InChI=1S/C20H21N3O2/c1-3-23-14-16(18-6-4-5-7-19(18)23)13-21-22-20(24)12-15-8-10-17(25-2)11-9-15/h4-11,13-14H,3,12H2,1-2H3,(H,22,24)/b21-13-. The van der Waals surface area contributed by atoms with E-state index in [1.165, 1.54) is 0 Å². The molecule has 1 aromatic heterocycles. The minimum absolute atomic E-state index is 0.152. The number of methoxy groups -OCH3 is 1. The average molecular weight is 335 g/mol. The number of hydrogen-bond donors (Lipinski definition) is 1. The summed E-state index contributed by atoms with van der Waals surface area (Å²) in [4.78, 5) is 12.0. The Bertz CT molecular complexity index is 895. The molecule has 0 aliphatic rings. The molecule has 0 unspecified atom stereocenters. The van der Waals surface area contributed by atoms with E-state index in [-0.39, 0.29) is 12.3 Å². The van der Waals surface area contributed by atoms with Crippen LogP contribution in [0.25, 0.3) is 10.9 Å². The third kappa shape index (κ3) is 3.88. The van der Waals surface area contributed by atoms with E-state index in [1.807, 2.05) is 42.6 Å². The van der Waals surface area contributed by atoms with Crippen molar-refractivity contribution in [1.29, 1.82) is 0 Å². The lowest BCUT2D eigenvalue weighted by Crippen LogP contribution is -2.19. The normalized spacial score (nSPS) is 11.1. The van der Waals surface area contributed by atoms with E-state index < -0.39 is 0 Å². The quantitative estimate of drug-likeness (QED) is 0.555. The number of hydrogen-bond acceptors (Lipinski definition) is 3. The van der Waals surface area contributed by atoms with Crippen LogP contribution < -0.4 is 10.2 Å². The molecule has 0 radical (unpaired) electrons. The van der Waals surface area contributed by atoms with E-state index in [0.29, 0.717) is 0 Å². The van der Waals surface area contributed by atoms with Gasteiger partial charge in [-0.25, -0.2) is 5.43 Å². The molecule has 0 bridgehead atoms. The van der Waals surface area contributed by atoms with Crippen LogP contribution in [-0.4, -0.2) is 23.8 Å². The molecule has 3 aromatic rings. The van der Waals surface area contributed by atoms with Crippen molar-refractivity contribution < 1.29 is 9.53 Å². The van der Waals surface area contributed by atoms with Gasteiger partial charge in [-0.2, -0.15) is 5.10 Å². The third-order valence-corrected chi connectivity index (χ3v) is 4.08. The highest BCUT2D eigenvalue weighted by Gasteiger charge is 2.06. The van der Waals surface area contributed by atoms with Crippen LogP contribution in [0, 0.1) is 0 Å². The molecule has 0 saturated carbocycles. The topological polar surface area (TPSA) is 55.6 Å². The zero-order chi connectivity index (χ0) is 17.6. The van der Waals surface area contributed by atoms with Gasteiger partial charge < -0.3 is 9.30 Å². The average Bonchev–Trinajstić information content (AvgIpc) is 3.00. The minimum Gasteiger partial charge on any atom is -0.497 e. The van der Waals surface area contributed by atoms with E-state index in [0.717, 1.165) is 34.3 Å². The number of nitrogens with one attached hydrogen (secondary N) is 1. The van der Waals surface area contributed by atoms with Crippen LogP contribution in [0.3, 0.4) is 0 Å². The molecule has 5 nitrogen and oxygen atoms in total. The predicted molar refractivity (Wildman–Crippen MR) is 100 cm³/mol. The number of ether oxygens (including phenoxy) is 1. The fourth-order valence-electron chi connectivity index (χ4n) is 2.78. The van der Waals surface area contributed by atoms with Crippen LogP contribution in [0.1, 0.15) is 18.1 Å². The zero-order valence-electron chi connectivity index (χ0n) is 14.4. The lowest BCUT2D eigenvalue weighted by Gasteiger charge is -2.02. The van der Waals surface area contributed by atoms with E-state index >= 15 is 0 Å². The van der Waals surface area contributed by atoms with Crippen LogP contribution in [0.5, 0.6) is 5.75 Å². The Hall–Kier alpha value is -3.08. The molecule has 1 N–H and O–H groups in total. The SMILES string of the molecule is CCn1cc(/C=N\NC(=O)Cc2ccc(OC)cc2)c2ccccc21. The molecule has 3 rings (SSSR count). The molecular formula is C20H21N3O2. The van der Waals surface area contributed by atoms with Crippen molar-refractivity contribution in [2.45, 2.75) is 19.9 Å². The number of aryl methyl sites for hydroxylation is 1. The highest BCUT2D eigenvalue weighted by Crippen LogP contribution is 2.19. The number of nitrogens with zero attached hydrogens (tertiary/aromatic N) is 2. The first-order valence-corrected chi connectivity index (χ1v) is 8.24. The second-order valence-electron chi connectivity index (χ2n) is 5.71. The van der Waals surface area contributed by atoms with Gasteiger partial charge in [-0.15, -0.1) is 0 Å². The number of fused-ring (bicyclic) bond motifs is 1. The fourth-order valence-corrected chi connectivity index (χ4v) is 2.78. The number of carbonyl (C=O) groups is 1. The fraction of sp³-hybridized carbons (Fsp3) is 0.200. The van der Waals surface area contributed by atoms with Gasteiger partial charge in [0.05, 0.1) is 19.7 Å². The first-order valence-electron chi connectivity index (χ1n) is 8.24. The lowest BCUT2D eigenvalue weighted by atomic mass is 10.1. The Morgan fingerprint density at radius 1 is 1.20 bits per heavy atom. The Morgan fingerprint density at radius 2 is 1.96 bits per heavy atom. The molecule has 128 valence electrons. The van der Waals surface area contributed by atoms with Crippen molar-refractivity contribution in [3.63, 3.8) is 0 Å². The maximum absolute atomic E-state index is 12.0. The molecule has 0 atom stereocenters. The van der Waals surface area contributed by atoms with Crippen LogP contribution in [0.2, 0.25) is 0 Å². The second kappa shape index (κ2) is 7.66. The van der Waals surface area contributed by atoms with Crippen LogP contribution in [0.15, 0.2) is 59.8 Å². The number of rotatable bonds is 6. The summed E-state index contributed by atoms with van der Waals surface area (Å²) in [7, 11) is 1.62. The first-order chi connectivity index (χ1) is 12.2. The van der Waals surface area contributed by atoms with Gasteiger partial charge in [0.1, 0.15) is 5.75 Å². The van der Waals surface area contributed by atoms with Crippen molar-refractivity contribution in [1.82, 2.24) is 9.99 Å². The predicted octanol–water partition coefficient (Wildman–Crippen LogP) is 3.36. The maximum atomic E-state index is 12.0. The van der Waals surface area contributed by atoms with Gasteiger partial charge in [0.15, 0.2) is 0 Å². The summed E-state index contributed by atoms with van der Waals surface area (Å²) < 4.78 is 7.27. The van der Waals surface area contributed by atoms with E-state index in [9.17, 15) is 4.79 Å². The third-order valence-electron chi connectivity index (χ3n) is 4.08. The van der Waals surface area contributed by atoms with Gasteiger partial charge in [-0.05, 0) is 30.7 Å². The lowest BCUT2D eigenvalue weighted by molar-refractivity contribution is -0.120. The molecule has 0 saturated heterocycles. The van der Waals surface area contributed by atoms with E-state index in [1.54, 1.807) is 13.3 Å². The van der Waals surface area contributed by atoms with Gasteiger partial charge in [0, 0.05) is 29.2 Å². The summed E-state index contributed by atoms with van der Waals surface area (Å²) >= 11 is 0. The molecule has 0 aliphatic heterocycles. The Labute approximate surface area is 146 Å². The zero-order valence-corrected chi connectivity index (χ0v) is 14.4. The second-order valence-corrected chi connectivity index (χ2v) is 5.71. The summed E-state index contributed by atoms with van der Waals surface area (Å²) in [5.41, 5.74) is 5.65. The molecule has 0 spiro atoms. The van der Waals surface area contributed by atoms with Crippen molar-refractivity contribution in [2.24, 2.45) is 5.10 Å². The van der Waals surface area contributed by atoms with Crippen LogP contribution >= 0.6 is 0 Å². The molecule has 0 fully saturated rings. The summed E-state index contributed by atoms with van der Waals surface area (Å²) in [6, 6.07) is 15.6. The first kappa shape index (κ1) is 16.8. The number of benzene rings is 2. The largest absolute Gasteiger partial charge is 0.497 e. The van der Waals surface area contributed by atoms with E-state index in [4.69, 9.17) is 4.74 Å². The van der Waals surface area contributed by atoms with Crippen LogP contribution in [0.4, 0.5) is 0 Å². The van der Waals surface area contributed by atoms with Gasteiger partial charge in [-0.3, -0.25) is 4.79 Å². The molecular weight excluding hydrogens is 314 g/mol. The van der Waals surface area contributed by atoms with Crippen LogP contribution in [-0.2, 0) is 17.8 Å². The smallest absolute Gasteiger partial charge is 0.244 e. The van der Waals surface area contributed by atoms with Crippen molar-refractivity contribution in [3.05, 3.63) is 65.9 Å². The summed E-state index contributed by atoms with van der Waals surface area (Å²) in [6.45, 7) is 2.99. The van der Waals surface area contributed by atoms with Gasteiger partial charge in [-0.1, -0.05) is 30.3 Å². The molecule has 25 heavy (non-hydrogen) atoms. The van der Waals surface area contributed by atoms with E-state index in [2.05, 4.69) is 34.2 Å². The number of amides is 1. The Morgan fingerprint density at radius 3 is 2.68 bits per heavy atom. The summed E-state index contributed by atoms with van der Waals surface area (Å²) in [5.74, 6) is 0.620. The number of para-hydroxylation sites is 1. The molecule has 0 aliphatic carbocycles. The Balaban J connectivity index is 1.65. The Kier molecular flexibility index (Phi) is 5.14. The number of carbonyl (C=O) groups excluding carboxylic acids is 1. The molecule has 5 heteroatoms. The molecule has 1 amide bonds. The van der Waals surface area contributed by atoms with Crippen molar-refractivity contribution >= 4 is 23.0 Å². The van der Waals surface area contributed by atoms with Crippen molar-refractivity contribution in [3.8, 4) is 5.75 Å². The summed E-state index contributed by atoms with van der Waals surface area (Å²) in [6.07, 6.45) is 4.02. The molecule has 1 heterocycles.